The molecule has 2 fully saturated rings. The second-order valence-corrected chi connectivity index (χ2v) is 9.79. The van der Waals surface area contributed by atoms with E-state index in [2.05, 4.69) is 9.83 Å². The Hall–Kier alpha value is -2.75. The SMILES string of the molecule is C#[N+]c1ccc(C(C)OP(=O)(N2CC2)N2CC2)cc1Oc1ccc2cccnc2c1. The molecule has 2 aliphatic heterocycles. The number of ether oxygens (including phenoxy) is 1. The van der Waals surface area contributed by atoms with Crippen LogP contribution in [-0.4, -0.2) is 40.5 Å². The first-order chi connectivity index (χ1) is 14.6. The summed E-state index contributed by atoms with van der Waals surface area (Å²) >= 11 is 0. The van der Waals surface area contributed by atoms with Crippen LogP contribution in [-0.2, 0) is 9.09 Å². The van der Waals surface area contributed by atoms with E-state index in [1.165, 1.54) is 0 Å². The number of hydrogen-bond acceptors (Lipinski definition) is 4. The van der Waals surface area contributed by atoms with Crippen molar-refractivity contribution in [1.82, 2.24) is 14.3 Å². The van der Waals surface area contributed by atoms with Crippen molar-refractivity contribution in [2.24, 2.45) is 0 Å². The summed E-state index contributed by atoms with van der Waals surface area (Å²) in [7, 11) is -2.92. The Bertz CT molecular complexity index is 1180. The highest BCUT2D eigenvalue weighted by Crippen LogP contribution is 2.63. The van der Waals surface area contributed by atoms with E-state index >= 15 is 0 Å². The van der Waals surface area contributed by atoms with Crippen LogP contribution < -0.4 is 4.74 Å². The topological polar surface area (TPSA) is 58.8 Å². The van der Waals surface area contributed by atoms with E-state index in [1.807, 2.05) is 58.7 Å². The maximum atomic E-state index is 13.3. The zero-order chi connectivity index (χ0) is 20.7. The Kier molecular flexibility index (Phi) is 4.80. The zero-order valence-corrected chi connectivity index (χ0v) is 17.5. The van der Waals surface area contributed by atoms with Crippen LogP contribution in [0.1, 0.15) is 18.6 Å². The van der Waals surface area contributed by atoms with E-state index in [0.717, 1.165) is 42.6 Å². The number of aromatic nitrogens is 1. The lowest BCUT2D eigenvalue weighted by Gasteiger charge is -2.24. The van der Waals surface area contributed by atoms with Crippen molar-refractivity contribution in [2.75, 3.05) is 26.2 Å². The van der Waals surface area contributed by atoms with Crippen LogP contribution in [0.15, 0.2) is 54.7 Å². The molecule has 30 heavy (non-hydrogen) atoms. The van der Waals surface area contributed by atoms with Gasteiger partial charge in [0.1, 0.15) is 5.75 Å². The normalized spacial score (nSPS) is 17.5. The standard InChI is InChI=1S/C22H22N4O3P/c1-16(29-30(27,25-10-11-25)26-12-13-26)18-6-8-20(23-2)22(14-18)28-19-7-5-17-4-3-9-24-21(17)15-19/h2-9,14-16H,10-13H2,1H3/q+1. The van der Waals surface area contributed by atoms with Gasteiger partial charge in [0.15, 0.2) is 0 Å². The van der Waals surface area contributed by atoms with Gasteiger partial charge in [0.2, 0.25) is 5.75 Å². The molecule has 2 aromatic carbocycles. The van der Waals surface area contributed by atoms with Crippen LogP contribution in [0.5, 0.6) is 11.5 Å². The van der Waals surface area contributed by atoms with E-state index in [-0.39, 0.29) is 6.10 Å². The van der Waals surface area contributed by atoms with Crippen LogP contribution >= 0.6 is 7.67 Å². The van der Waals surface area contributed by atoms with Gasteiger partial charge in [-0.05, 0) is 47.7 Å². The van der Waals surface area contributed by atoms with Gasteiger partial charge < -0.3 is 4.74 Å². The monoisotopic (exact) mass is 421 g/mol. The van der Waals surface area contributed by atoms with Crippen LogP contribution in [0, 0.1) is 6.57 Å². The summed E-state index contributed by atoms with van der Waals surface area (Å²) in [6, 6.07) is 15.1. The van der Waals surface area contributed by atoms with Gasteiger partial charge in [0, 0.05) is 49.9 Å². The molecule has 3 aromatic rings. The number of benzene rings is 2. The quantitative estimate of drug-likeness (QED) is 0.374. The van der Waals surface area contributed by atoms with Crippen LogP contribution in [0.4, 0.5) is 5.69 Å². The fourth-order valence-corrected chi connectivity index (χ4v) is 5.73. The molecule has 0 spiro atoms. The van der Waals surface area contributed by atoms with Gasteiger partial charge in [-0.3, -0.25) is 14.1 Å². The zero-order valence-electron chi connectivity index (χ0n) is 16.6. The van der Waals surface area contributed by atoms with E-state index < -0.39 is 7.67 Å². The van der Waals surface area contributed by atoms with E-state index in [0.29, 0.717) is 17.2 Å². The van der Waals surface area contributed by atoms with Crippen LogP contribution in [0.3, 0.4) is 0 Å². The summed E-state index contributed by atoms with van der Waals surface area (Å²) in [5.74, 6) is 1.14. The molecule has 7 nitrogen and oxygen atoms in total. The minimum Gasteiger partial charge on any atom is -0.449 e. The highest BCUT2D eigenvalue weighted by molar-refractivity contribution is 7.54. The molecule has 2 aliphatic rings. The molecule has 5 rings (SSSR count). The Morgan fingerprint density at radius 1 is 1.10 bits per heavy atom. The third-order valence-corrected chi connectivity index (χ3v) is 8.08. The van der Waals surface area contributed by atoms with Gasteiger partial charge in [0.05, 0.1) is 11.6 Å². The molecule has 3 heterocycles. The second kappa shape index (κ2) is 7.50. The van der Waals surface area contributed by atoms with Gasteiger partial charge >= 0.3 is 13.4 Å². The first kappa shape index (κ1) is 19.2. The number of nitrogens with zero attached hydrogens (tertiary/aromatic N) is 4. The fraction of sp³-hybridized carbons (Fsp3) is 0.273. The van der Waals surface area contributed by atoms with Gasteiger partial charge in [-0.25, -0.2) is 9.34 Å². The number of pyridine rings is 1. The van der Waals surface area contributed by atoms with Gasteiger partial charge in [-0.2, -0.15) is 0 Å². The Balaban J connectivity index is 1.41. The lowest BCUT2D eigenvalue weighted by atomic mass is 10.1. The highest BCUT2D eigenvalue weighted by Gasteiger charge is 2.50. The van der Waals surface area contributed by atoms with E-state index in [4.69, 9.17) is 15.8 Å². The van der Waals surface area contributed by atoms with Crippen molar-refractivity contribution in [1.29, 1.82) is 0 Å². The average molecular weight is 421 g/mol. The maximum absolute atomic E-state index is 13.3. The summed E-state index contributed by atoms with van der Waals surface area (Å²) < 4.78 is 29.3. The Morgan fingerprint density at radius 3 is 2.57 bits per heavy atom. The molecule has 0 bridgehead atoms. The predicted molar refractivity (Wildman–Crippen MR) is 116 cm³/mol. The lowest BCUT2D eigenvalue weighted by molar-refractivity contribution is 0.200. The Labute approximate surface area is 175 Å². The largest absolute Gasteiger partial charge is 0.449 e. The second-order valence-electron chi connectivity index (χ2n) is 7.46. The lowest BCUT2D eigenvalue weighted by Crippen LogP contribution is -2.10. The van der Waals surface area contributed by atoms with Crippen molar-refractivity contribution in [3.8, 4) is 18.1 Å². The molecule has 1 aromatic heterocycles. The summed E-state index contributed by atoms with van der Waals surface area (Å²) in [4.78, 5) is 8.20. The van der Waals surface area contributed by atoms with Gasteiger partial charge in [-0.1, -0.05) is 6.07 Å². The van der Waals surface area contributed by atoms with Crippen molar-refractivity contribution in [3.63, 3.8) is 0 Å². The van der Waals surface area contributed by atoms with Crippen molar-refractivity contribution < 1.29 is 13.8 Å². The average Bonchev–Trinajstić information content (AvgIpc) is 3.65. The summed E-state index contributed by atoms with van der Waals surface area (Å²) in [5, 5.41) is 1.03. The third kappa shape index (κ3) is 3.71. The number of fused-ring (bicyclic) bond motifs is 1. The summed E-state index contributed by atoms with van der Waals surface area (Å²) in [6.45, 7) is 10.7. The van der Waals surface area contributed by atoms with Gasteiger partial charge in [0.25, 0.3) is 6.57 Å². The van der Waals surface area contributed by atoms with E-state index in [1.54, 1.807) is 12.3 Å². The van der Waals surface area contributed by atoms with Crippen LogP contribution in [0.2, 0.25) is 0 Å². The molecule has 0 radical (unpaired) electrons. The van der Waals surface area contributed by atoms with Crippen molar-refractivity contribution in [3.05, 3.63) is 65.1 Å². The smallest absolute Gasteiger partial charge is 0.381 e. The maximum Gasteiger partial charge on any atom is 0.381 e. The van der Waals surface area contributed by atoms with Crippen molar-refractivity contribution in [2.45, 2.75) is 13.0 Å². The molecule has 1 atom stereocenters. The summed E-state index contributed by atoms with van der Waals surface area (Å²) in [5.41, 5.74) is 2.21. The first-order valence-corrected chi connectivity index (χ1v) is 11.5. The first-order valence-electron chi connectivity index (χ1n) is 9.94. The minimum absolute atomic E-state index is 0.371. The molecule has 2 saturated heterocycles. The molecule has 0 saturated carbocycles. The third-order valence-electron chi connectivity index (χ3n) is 5.26. The number of hydrogen-bond donors (Lipinski definition) is 0. The Morgan fingerprint density at radius 2 is 1.87 bits per heavy atom. The molecule has 8 heteroatoms. The predicted octanol–water partition coefficient (Wildman–Crippen LogP) is 5.44. The summed E-state index contributed by atoms with van der Waals surface area (Å²) in [6.07, 6.45) is 1.38. The fourth-order valence-electron chi connectivity index (χ4n) is 3.38. The molecular weight excluding hydrogens is 399 g/mol. The molecular formula is C22H22N4O3P+. The van der Waals surface area contributed by atoms with Crippen molar-refractivity contribution >= 4 is 24.3 Å². The molecule has 1 unspecified atom stereocenters. The molecule has 0 aliphatic carbocycles. The molecule has 152 valence electrons. The highest BCUT2D eigenvalue weighted by atomic mass is 31.2. The molecule has 0 N–H and O–H groups in total. The van der Waals surface area contributed by atoms with Crippen LogP contribution in [0.25, 0.3) is 15.7 Å². The number of rotatable bonds is 7. The van der Waals surface area contributed by atoms with Gasteiger partial charge in [-0.15, -0.1) is 0 Å². The minimum atomic E-state index is -2.92. The molecule has 0 amide bonds. The van der Waals surface area contributed by atoms with E-state index in [9.17, 15) is 4.57 Å².